The van der Waals surface area contributed by atoms with Crippen LogP contribution in [0.15, 0.2) is 76.4 Å². The standard InChI is InChI=1S/C29H34FN2O8P/c1-18-15-31(29(36)32(26(18)34)17-38-16-20-11-7-5-8-12-20)27-22(33)19(2)23(39-27)24(25(30)41(3,4)37)40-28(35)21-13-9-6-10-14-21/h5-15,19,22-25,27,33H,16-17H2,1-4H3/t19-,22+,23-,24?,25?,27+/m0/s1. The third-order valence-electron chi connectivity index (χ3n) is 7.06. The molecule has 0 amide bonds. The molecule has 0 spiro atoms. The predicted octanol–water partition coefficient (Wildman–Crippen LogP) is 3.53. The van der Waals surface area contributed by atoms with Gasteiger partial charge >= 0.3 is 11.7 Å². The van der Waals surface area contributed by atoms with Gasteiger partial charge in [-0.1, -0.05) is 55.5 Å². The van der Waals surface area contributed by atoms with Crippen molar-refractivity contribution in [3.05, 3.63) is 104 Å². The first-order chi connectivity index (χ1) is 19.4. The SMILES string of the molecule is Cc1cn([C@@H]2O[C@H](C(OC(=O)c3ccccc3)C(F)P(C)(C)=O)[C@@H](C)[C@H]2O)c(=O)n(COCc2ccccc2)c1=O. The van der Waals surface area contributed by atoms with Gasteiger partial charge in [-0.2, -0.15) is 0 Å². The average Bonchev–Trinajstić information content (AvgIpc) is 3.24. The summed E-state index contributed by atoms with van der Waals surface area (Å²) < 4.78 is 47.5. The molecule has 6 atom stereocenters. The van der Waals surface area contributed by atoms with E-state index in [2.05, 4.69) is 0 Å². The summed E-state index contributed by atoms with van der Waals surface area (Å²) in [6, 6.07) is 17.1. The van der Waals surface area contributed by atoms with Gasteiger partial charge in [0.2, 0.25) is 0 Å². The smallest absolute Gasteiger partial charge is 0.338 e. The highest BCUT2D eigenvalue weighted by atomic mass is 31.2. The van der Waals surface area contributed by atoms with Crippen LogP contribution in [-0.2, 0) is 32.1 Å². The van der Waals surface area contributed by atoms with E-state index in [4.69, 9.17) is 14.2 Å². The van der Waals surface area contributed by atoms with E-state index in [0.717, 1.165) is 14.7 Å². The molecule has 41 heavy (non-hydrogen) atoms. The van der Waals surface area contributed by atoms with Gasteiger partial charge in [0.05, 0.1) is 12.2 Å². The Hall–Kier alpha value is -3.37. The Bertz CT molecular complexity index is 1520. The summed E-state index contributed by atoms with van der Waals surface area (Å²) >= 11 is 0. The molecule has 1 saturated heterocycles. The summed E-state index contributed by atoms with van der Waals surface area (Å²) in [6.07, 6.45) is -4.35. The quantitative estimate of drug-likeness (QED) is 0.282. The van der Waals surface area contributed by atoms with Crippen LogP contribution < -0.4 is 11.2 Å². The zero-order chi connectivity index (χ0) is 29.9. The maximum absolute atomic E-state index is 15.6. The number of carbonyl (C=O) groups excluding carboxylic acids is 1. The maximum Gasteiger partial charge on any atom is 0.338 e. The van der Waals surface area contributed by atoms with Gasteiger partial charge in [-0.3, -0.25) is 9.36 Å². The number of esters is 1. The highest BCUT2D eigenvalue weighted by Gasteiger charge is 2.52. The molecule has 12 heteroatoms. The Morgan fingerprint density at radius 2 is 1.71 bits per heavy atom. The van der Waals surface area contributed by atoms with Crippen molar-refractivity contribution >= 4 is 13.1 Å². The van der Waals surface area contributed by atoms with Crippen molar-refractivity contribution in [2.75, 3.05) is 13.3 Å². The van der Waals surface area contributed by atoms with Crippen LogP contribution in [0.25, 0.3) is 0 Å². The van der Waals surface area contributed by atoms with Gasteiger partial charge in [0.1, 0.15) is 26.1 Å². The fourth-order valence-corrected chi connectivity index (χ4v) is 5.65. The lowest BCUT2D eigenvalue weighted by Crippen LogP contribution is -2.44. The number of carbonyl (C=O) groups is 1. The van der Waals surface area contributed by atoms with E-state index < -0.39 is 60.7 Å². The lowest BCUT2D eigenvalue weighted by atomic mass is 9.96. The Balaban J connectivity index is 1.63. The van der Waals surface area contributed by atoms with Crippen LogP contribution in [0, 0.1) is 12.8 Å². The van der Waals surface area contributed by atoms with E-state index in [0.29, 0.717) is 0 Å². The van der Waals surface area contributed by atoms with Crippen molar-refractivity contribution in [3.8, 4) is 0 Å². The molecule has 1 aromatic heterocycles. The number of benzene rings is 2. The van der Waals surface area contributed by atoms with E-state index >= 15 is 4.39 Å². The van der Waals surface area contributed by atoms with Crippen LogP contribution in [0.2, 0.25) is 0 Å². The number of rotatable bonds is 10. The summed E-state index contributed by atoms with van der Waals surface area (Å²) in [5.41, 5.74) is -0.198. The molecule has 3 aromatic rings. The molecular weight excluding hydrogens is 554 g/mol. The van der Waals surface area contributed by atoms with E-state index in [1.807, 2.05) is 30.3 Å². The average molecular weight is 589 g/mol. The number of aromatic nitrogens is 2. The van der Waals surface area contributed by atoms with E-state index in [1.54, 1.807) is 25.1 Å². The largest absolute Gasteiger partial charge is 0.452 e. The number of alkyl halides is 1. The van der Waals surface area contributed by atoms with Crippen LogP contribution in [0.1, 0.15) is 34.6 Å². The third-order valence-corrected chi connectivity index (χ3v) is 8.54. The Morgan fingerprint density at radius 1 is 1.10 bits per heavy atom. The summed E-state index contributed by atoms with van der Waals surface area (Å²) in [7, 11) is -3.46. The van der Waals surface area contributed by atoms with Crippen LogP contribution >= 0.6 is 7.14 Å². The monoisotopic (exact) mass is 588 g/mol. The summed E-state index contributed by atoms with van der Waals surface area (Å²) in [5.74, 6) is -3.80. The van der Waals surface area contributed by atoms with Crippen molar-refractivity contribution in [1.29, 1.82) is 0 Å². The van der Waals surface area contributed by atoms with Gasteiger partial charge in [-0.25, -0.2) is 18.5 Å². The van der Waals surface area contributed by atoms with Gasteiger partial charge in [0.15, 0.2) is 18.2 Å². The third kappa shape index (κ3) is 6.76. The molecule has 10 nitrogen and oxygen atoms in total. The molecule has 2 unspecified atom stereocenters. The van der Waals surface area contributed by atoms with Crippen molar-refractivity contribution in [2.45, 2.75) is 57.6 Å². The molecule has 1 N–H and O–H groups in total. The minimum absolute atomic E-state index is 0.156. The highest BCUT2D eigenvalue weighted by Crippen LogP contribution is 2.49. The van der Waals surface area contributed by atoms with Gasteiger partial charge < -0.3 is 23.9 Å². The number of halogens is 1. The molecule has 0 saturated carbocycles. The molecule has 2 heterocycles. The Kier molecular flexibility index (Phi) is 9.44. The molecular formula is C29H34FN2O8P. The van der Waals surface area contributed by atoms with Gasteiger partial charge in [-0.05, 0) is 37.9 Å². The maximum atomic E-state index is 15.6. The van der Waals surface area contributed by atoms with Gasteiger partial charge in [-0.15, -0.1) is 0 Å². The number of aryl methyl sites for hydroxylation is 1. The van der Waals surface area contributed by atoms with E-state index in [1.165, 1.54) is 38.6 Å². The van der Waals surface area contributed by atoms with Gasteiger partial charge in [0.25, 0.3) is 5.56 Å². The van der Waals surface area contributed by atoms with E-state index in [9.17, 15) is 24.1 Å². The molecule has 1 aliphatic rings. The number of ether oxygens (including phenoxy) is 3. The second kappa shape index (κ2) is 12.7. The molecule has 0 aliphatic carbocycles. The van der Waals surface area contributed by atoms with E-state index in [-0.39, 0.29) is 24.5 Å². The lowest BCUT2D eigenvalue weighted by Gasteiger charge is -2.30. The van der Waals surface area contributed by atoms with Crippen molar-refractivity contribution < 1.29 is 33.1 Å². The van der Waals surface area contributed by atoms with Crippen LogP contribution in [0.4, 0.5) is 4.39 Å². The lowest BCUT2D eigenvalue weighted by molar-refractivity contribution is -0.0960. The molecule has 2 aromatic carbocycles. The van der Waals surface area contributed by atoms with Crippen LogP contribution in [0.5, 0.6) is 0 Å². The molecule has 220 valence electrons. The molecule has 0 bridgehead atoms. The fourth-order valence-electron chi connectivity index (χ4n) is 4.71. The minimum Gasteiger partial charge on any atom is -0.452 e. The van der Waals surface area contributed by atoms with Crippen LogP contribution in [0.3, 0.4) is 0 Å². The molecule has 1 fully saturated rings. The first kappa shape index (κ1) is 30.6. The molecule has 1 aliphatic heterocycles. The Morgan fingerprint density at radius 3 is 2.32 bits per heavy atom. The summed E-state index contributed by atoms with van der Waals surface area (Å²) in [4.78, 5) is 39.1. The topological polar surface area (TPSA) is 126 Å². The summed E-state index contributed by atoms with van der Waals surface area (Å²) in [5, 5.41) is 11.1. The number of aliphatic hydroxyl groups is 1. The normalized spacial score (nSPS) is 22.3. The number of hydrogen-bond donors (Lipinski definition) is 1. The van der Waals surface area contributed by atoms with Crippen molar-refractivity contribution in [2.24, 2.45) is 5.92 Å². The fraction of sp³-hybridized carbons (Fsp3) is 0.414. The number of nitrogens with zero attached hydrogens (tertiary/aromatic N) is 2. The second-order valence-electron chi connectivity index (χ2n) is 10.6. The number of aliphatic hydroxyl groups excluding tert-OH is 1. The van der Waals surface area contributed by atoms with Crippen molar-refractivity contribution in [3.63, 3.8) is 0 Å². The highest BCUT2D eigenvalue weighted by molar-refractivity contribution is 7.62. The minimum atomic E-state index is -3.46. The summed E-state index contributed by atoms with van der Waals surface area (Å²) in [6.45, 7) is 5.32. The second-order valence-corrected chi connectivity index (χ2v) is 13.9. The van der Waals surface area contributed by atoms with Gasteiger partial charge in [0, 0.05) is 17.7 Å². The molecule has 0 radical (unpaired) electrons. The zero-order valence-corrected chi connectivity index (χ0v) is 24.1. The van der Waals surface area contributed by atoms with Crippen LogP contribution in [-0.4, -0.2) is 57.8 Å². The molecule has 4 rings (SSSR count). The predicted molar refractivity (Wildman–Crippen MR) is 150 cm³/mol. The first-order valence-corrected chi connectivity index (χ1v) is 15.8. The Labute approximate surface area is 236 Å². The zero-order valence-electron chi connectivity index (χ0n) is 23.3. The van der Waals surface area contributed by atoms with Crippen molar-refractivity contribution in [1.82, 2.24) is 9.13 Å². The first-order valence-electron chi connectivity index (χ1n) is 13.1. The number of hydrogen-bond acceptors (Lipinski definition) is 8.